The third-order valence-corrected chi connectivity index (χ3v) is 6.52. The van der Waals surface area contributed by atoms with Gasteiger partial charge in [0.2, 0.25) is 17.0 Å². The van der Waals surface area contributed by atoms with E-state index in [9.17, 15) is 22.6 Å². The fourth-order valence-corrected chi connectivity index (χ4v) is 4.31. The van der Waals surface area contributed by atoms with Crippen LogP contribution in [-0.4, -0.2) is 39.5 Å². The molecule has 0 saturated heterocycles. The van der Waals surface area contributed by atoms with E-state index in [1.807, 2.05) is 0 Å². The second-order valence-electron chi connectivity index (χ2n) is 9.23. The fraction of sp³-hybridized carbons (Fsp3) is 0.103. The number of nitrogens with two attached hydrogens (primary N) is 1. The van der Waals surface area contributed by atoms with Gasteiger partial charge < -0.3 is 19.4 Å². The first-order valence-electron chi connectivity index (χ1n) is 12.9. The summed E-state index contributed by atoms with van der Waals surface area (Å²) < 4.78 is 56.5. The summed E-state index contributed by atoms with van der Waals surface area (Å²) in [4.78, 5) is 40.4. The molecule has 0 spiro atoms. The highest BCUT2D eigenvalue weighted by atomic mass is 32.2. The summed E-state index contributed by atoms with van der Waals surface area (Å²) in [6.07, 6.45) is 4.21. The highest BCUT2D eigenvalue weighted by molar-refractivity contribution is 7.79. The Morgan fingerprint density at radius 3 is 1.69 bits per heavy atom. The molecule has 45 heavy (non-hydrogen) atoms. The average molecular weight is 636 g/mol. The van der Waals surface area contributed by atoms with Crippen molar-refractivity contribution in [3.63, 3.8) is 0 Å². The third-order valence-electron chi connectivity index (χ3n) is 6.13. The highest BCUT2D eigenvalue weighted by Crippen LogP contribution is 2.25. The quantitative estimate of drug-likeness (QED) is 0.283. The van der Waals surface area contributed by atoms with Crippen molar-refractivity contribution in [2.45, 2.75) is 0 Å². The molecule has 13 nitrogen and oxygen atoms in total. The zero-order chi connectivity index (χ0) is 32.2. The van der Waals surface area contributed by atoms with Crippen molar-refractivity contribution in [3.05, 3.63) is 105 Å². The summed E-state index contributed by atoms with van der Waals surface area (Å²) in [6.45, 7) is 0. The lowest BCUT2D eigenvalue weighted by atomic mass is 10.3. The number of nitrogens with zero attached hydrogens (tertiary/aromatic N) is 6. The van der Waals surface area contributed by atoms with Gasteiger partial charge in [0, 0.05) is 43.5 Å². The molecule has 0 aliphatic carbocycles. The number of benzene rings is 2. The number of para-hydroxylation sites is 2. The van der Waals surface area contributed by atoms with Crippen LogP contribution in [0.2, 0.25) is 0 Å². The molecule has 0 amide bonds. The van der Waals surface area contributed by atoms with Gasteiger partial charge in [-0.2, -0.15) is 9.97 Å². The average Bonchev–Trinajstić information content (AvgIpc) is 3.01. The van der Waals surface area contributed by atoms with Gasteiger partial charge in [0.25, 0.3) is 11.1 Å². The maximum Gasteiger partial charge on any atom is 0.332 e. The first kappa shape index (κ1) is 30.7. The van der Waals surface area contributed by atoms with E-state index in [0.29, 0.717) is 16.4 Å². The maximum atomic E-state index is 13.7. The number of pyridine rings is 2. The van der Waals surface area contributed by atoms with E-state index < -0.39 is 33.8 Å². The number of fused-ring (bicyclic) bond motifs is 2. The lowest BCUT2D eigenvalue weighted by Crippen LogP contribution is -2.19. The molecule has 2 aromatic carbocycles. The van der Waals surface area contributed by atoms with Crippen molar-refractivity contribution in [2.24, 2.45) is 14.1 Å². The number of nitrogen functional groups attached to an aromatic ring is 1. The van der Waals surface area contributed by atoms with E-state index in [1.54, 1.807) is 12.1 Å². The van der Waals surface area contributed by atoms with E-state index in [1.165, 1.54) is 90.4 Å². The minimum atomic E-state index is -1.58. The van der Waals surface area contributed by atoms with E-state index in [2.05, 4.69) is 19.9 Å². The minimum Gasteiger partial charge on any atom is -0.448 e. The molecule has 4 aromatic heterocycles. The van der Waals surface area contributed by atoms with Crippen LogP contribution < -0.4 is 30.5 Å². The Bertz CT molecular complexity index is 2210. The van der Waals surface area contributed by atoms with Gasteiger partial charge in [-0.15, -0.1) is 0 Å². The van der Waals surface area contributed by atoms with Gasteiger partial charge >= 0.3 is 6.01 Å². The van der Waals surface area contributed by atoms with Crippen LogP contribution in [0.4, 0.5) is 14.7 Å². The summed E-state index contributed by atoms with van der Waals surface area (Å²) in [5.41, 5.74) is 5.22. The Balaban J connectivity index is 0.000000179. The first-order chi connectivity index (χ1) is 21.5. The molecule has 1 unspecified atom stereocenters. The summed E-state index contributed by atoms with van der Waals surface area (Å²) in [6, 6.07) is 14.4. The van der Waals surface area contributed by atoms with Crippen molar-refractivity contribution < 1.29 is 26.6 Å². The van der Waals surface area contributed by atoms with Crippen molar-refractivity contribution >= 4 is 39.1 Å². The topological polar surface area (TPSA) is 166 Å². The van der Waals surface area contributed by atoms with Crippen molar-refractivity contribution in [2.75, 3.05) is 12.0 Å². The summed E-state index contributed by atoms with van der Waals surface area (Å²) in [5, 5.41) is 1.05. The van der Waals surface area contributed by atoms with Crippen LogP contribution in [0.1, 0.15) is 0 Å². The van der Waals surface area contributed by atoms with Gasteiger partial charge in [-0.3, -0.25) is 18.7 Å². The Morgan fingerprint density at radius 2 is 1.20 bits per heavy atom. The number of anilines is 1. The predicted octanol–water partition coefficient (Wildman–Crippen LogP) is 3.77. The molecule has 4 heterocycles. The molecule has 0 fully saturated rings. The zero-order valence-electron chi connectivity index (χ0n) is 23.8. The second kappa shape index (κ2) is 12.8. The van der Waals surface area contributed by atoms with Crippen molar-refractivity contribution in [3.8, 4) is 29.0 Å². The van der Waals surface area contributed by atoms with Crippen molar-refractivity contribution in [1.29, 1.82) is 0 Å². The molecular formula is C29H23F2N7O6S. The molecule has 1 atom stereocenters. The molecule has 6 aromatic rings. The Labute approximate surface area is 255 Å². The number of halogens is 2. The lowest BCUT2D eigenvalue weighted by molar-refractivity contribution is 0.434. The van der Waals surface area contributed by atoms with E-state index in [4.69, 9.17) is 19.4 Å². The van der Waals surface area contributed by atoms with Crippen LogP contribution in [-0.2, 0) is 25.2 Å². The minimum absolute atomic E-state index is 0.0107. The maximum absolute atomic E-state index is 13.7. The number of hydrogen-bond acceptors (Lipinski definition) is 11. The standard InChI is InChI=1S/C15H12FN3O4S.C14H11FN4O2/c1-19-13-9(8-17-15(18-13)23-24(2)21)7-12(14(19)20)22-11-6-4-3-5-10(11)16;1-19-12-8(7-17-14(16)18-12)6-11(13(19)20)21-10-5-3-2-4-9(10)15/h3-8H,1-2H3;2-7H,1H3,(H2,16,17,18). The molecular weight excluding hydrogens is 612 g/mol. The molecule has 6 rings (SSSR count). The molecule has 0 aliphatic heterocycles. The zero-order valence-corrected chi connectivity index (χ0v) is 24.6. The summed E-state index contributed by atoms with van der Waals surface area (Å²) in [7, 11) is 3.02. The normalized spacial score (nSPS) is 11.5. The molecule has 0 radical (unpaired) electrons. The highest BCUT2D eigenvalue weighted by Gasteiger charge is 2.15. The Hall–Kier alpha value is -5.77. The first-order valence-corrected chi connectivity index (χ1v) is 14.4. The number of rotatable bonds is 6. The second-order valence-corrected chi connectivity index (χ2v) is 10.2. The number of aromatic nitrogens is 6. The number of ether oxygens (including phenoxy) is 2. The van der Waals surface area contributed by atoms with Crippen LogP contribution >= 0.6 is 0 Å². The lowest BCUT2D eigenvalue weighted by Gasteiger charge is -2.10. The van der Waals surface area contributed by atoms with Crippen LogP contribution in [0.5, 0.6) is 29.0 Å². The molecule has 0 saturated carbocycles. The molecule has 230 valence electrons. The van der Waals surface area contributed by atoms with Gasteiger partial charge in [0.15, 0.2) is 34.6 Å². The monoisotopic (exact) mass is 635 g/mol. The SMILES string of the molecule is Cn1c(=O)c(Oc2ccccc2F)cc2cnc(N)nc21.Cn1c(=O)c(Oc2ccccc2F)cc2cnc(OS(C)=O)nc21. The predicted molar refractivity (Wildman–Crippen MR) is 162 cm³/mol. The molecule has 16 heteroatoms. The Kier molecular flexibility index (Phi) is 8.76. The fourth-order valence-electron chi connectivity index (χ4n) is 4.01. The van der Waals surface area contributed by atoms with E-state index in [-0.39, 0.29) is 40.6 Å². The molecule has 2 N–H and O–H groups in total. The van der Waals surface area contributed by atoms with Gasteiger partial charge in [-0.25, -0.2) is 23.0 Å². The Morgan fingerprint density at radius 1 is 0.733 bits per heavy atom. The summed E-state index contributed by atoms with van der Waals surface area (Å²) in [5.74, 6) is -1.21. The summed E-state index contributed by atoms with van der Waals surface area (Å²) >= 11 is -1.58. The van der Waals surface area contributed by atoms with Crippen molar-refractivity contribution in [1.82, 2.24) is 29.1 Å². The van der Waals surface area contributed by atoms with Gasteiger partial charge in [-0.05, 0) is 36.4 Å². The van der Waals surface area contributed by atoms with E-state index in [0.717, 1.165) is 0 Å². The van der Waals surface area contributed by atoms with E-state index >= 15 is 0 Å². The number of hydrogen-bond donors (Lipinski definition) is 1. The smallest absolute Gasteiger partial charge is 0.332 e. The van der Waals surface area contributed by atoms with Crippen LogP contribution in [0.3, 0.4) is 0 Å². The molecule has 0 aliphatic rings. The number of aryl methyl sites for hydroxylation is 2. The third kappa shape index (κ3) is 6.75. The molecule has 0 bridgehead atoms. The van der Waals surface area contributed by atoms with Crippen LogP contribution in [0.15, 0.2) is 82.6 Å². The van der Waals surface area contributed by atoms with Crippen LogP contribution in [0, 0.1) is 11.6 Å². The van der Waals surface area contributed by atoms with Gasteiger partial charge in [0.1, 0.15) is 11.3 Å². The van der Waals surface area contributed by atoms with Gasteiger partial charge in [-0.1, -0.05) is 24.3 Å². The van der Waals surface area contributed by atoms with Crippen LogP contribution in [0.25, 0.3) is 22.1 Å². The largest absolute Gasteiger partial charge is 0.448 e. The van der Waals surface area contributed by atoms with Gasteiger partial charge in [0.05, 0.1) is 0 Å².